The summed E-state index contributed by atoms with van der Waals surface area (Å²) in [5.74, 6) is -0.0329. The highest BCUT2D eigenvalue weighted by molar-refractivity contribution is 5.97. The SMILES string of the molecule is CC1CCC(O)CCN1C(=O)c1ccccc1-n1nccn1. The summed E-state index contributed by atoms with van der Waals surface area (Å²) < 4.78 is 0. The molecule has 6 nitrogen and oxygen atoms in total. The van der Waals surface area contributed by atoms with E-state index in [4.69, 9.17) is 0 Å². The van der Waals surface area contributed by atoms with Gasteiger partial charge in [-0.1, -0.05) is 12.1 Å². The second-order valence-corrected chi connectivity index (χ2v) is 5.70. The van der Waals surface area contributed by atoms with Gasteiger partial charge in [0.1, 0.15) is 0 Å². The lowest BCUT2D eigenvalue weighted by atomic mass is 10.1. The molecule has 1 aliphatic heterocycles. The molecule has 2 heterocycles. The molecule has 2 aromatic rings. The van der Waals surface area contributed by atoms with E-state index < -0.39 is 0 Å². The van der Waals surface area contributed by atoms with Gasteiger partial charge in [-0.25, -0.2) is 0 Å². The summed E-state index contributed by atoms with van der Waals surface area (Å²) in [4.78, 5) is 16.3. The Balaban J connectivity index is 1.92. The average Bonchev–Trinajstić information content (AvgIpc) is 3.01. The van der Waals surface area contributed by atoms with Crippen LogP contribution in [0.3, 0.4) is 0 Å². The van der Waals surface area contributed by atoms with Crippen molar-refractivity contribution in [3.8, 4) is 5.69 Å². The van der Waals surface area contributed by atoms with E-state index in [-0.39, 0.29) is 18.1 Å². The Morgan fingerprint density at radius 1 is 1.18 bits per heavy atom. The van der Waals surface area contributed by atoms with Gasteiger partial charge in [0, 0.05) is 12.6 Å². The summed E-state index contributed by atoms with van der Waals surface area (Å²) in [5.41, 5.74) is 1.26. The maximum Gasteiger partial charge on any atom is 0.256 e. The highest BCUT2D eigenvalue weighted by Crippen LogP contribution is 2.22. The number of likely N-dealkylation sites (tertiary alicyclic amines) is 1. The Morgan fingerprint density at radius 3 is 2.68 bits per heavy atom. The van der Waals surface area contributed by atoms with E-state index in [0.717, 1.165) is 12.8 Å². The van der Waals surface area contributed by atoms with Gasteiger partial charge < -0.3 is 10.0 Å². The van der Waals surface area contributed by atoms with Crippen molar-refractivity contribution in [1.82, 2.24) is 19.9 Å². The van der Waals surface area contributed by atoms with E-state index in [2.05, 4.69) is 10.2 Å². The third-order valence-electron chi connectivity index (χ3n) is 4.18. The molecule has 1 aromatic carbocycles. The minimum absolute atomic E-state index is 0.0329. The fraction of sp³-hybridized carbons (Fsp3) is 0.438. The highest BCUT2D eigenvalue weighted by Gasteiger charge is 2.27. The lowest BCUT2D eigenvalue weighted by molar-refractivity contribution is 0.0692. The fourth-order valence-corrected chi connectivity index (χ4v) is 2.87. The first kappa shape index (κ1) is 14.7. The van der Waals surface area contributed by atoms with Crippen molar-refractivity contribution in [2.75, 3.05) is 6.54 Å². The Bertz CT molecular complexity index is 641. The molecule has 1 saturated heterocycles. The summed E-state index contributed by atoms with van der Waals surface area (Å²) in [5, 5.41) is 18.1. The Morgan fingerprint density at radius 2 is 1.91 bits per heavy atom. The molecule has 2 atom stereocenters. The Labute approximate surface area is 129 Å². The number of amides is 1. The molecule has 1 N–H and O–H groups in total. The van der Waals surface area contributed by atoms with Crippen molar-refractivity contribution in [1.29, 1.82) is 0 Å². The van der Waals surface area contributed by atoms with Crippen LogP contribution in [-0.2, 0) is 0 Å². The average molecular weight is 300 g/mol. The number of benzene rings is 1. The van der Waals surface area contributed by atoms with Gasteiger partial charge in [0.05, 0.1) is 29.7 Å². The monoisotopic (exact) mass is 300 g/mol. The fourth-order valence-electron chi connectivity index (χ4n) is 2.87. The molecule has 116 valence electrons. The van der Waals surface area contributed by atoms with Crippen LogP contribution in [0.4, 0.5) is 0 Å². The molecule has 1 aliphatic rings. The van der Waals surface area contributed by atoms with E-state index in [1.807, 2.05) is 30.0 Å². The number of nitrogens with zero attached hydrogens (tertiary/aromatic N) is 4. The lowest BCUT2D eigenvalue weighted by Gasteiger charge is -2.27. The Hall–Kier alpha value is -2.21. The largest absolute Gasteiger partial charge is 0.393 e. The molecule has 6 heteroatoms. The third kappa shape index (κ3) is 2.87. The predicted molar refractivity (Wildman–Crippen MR) is 81.7 cm³/mol. The second kappa shape index (κ2) is 6.27. The van der Waals surface area contributed by atoms with Crippen LogP contribution in [0, 0.1) is 0 Å². The molecule has 2 unspecified atom stereocenters. The standard InChI is InChI=1S/C16H20N4O2/c1-12-6-7-13(21)8-11-19(12)16(22)14-4-2-3-5-15(14)20-17-9-10-18-20/h2-5,9-10,12-13,21H,6-8,11H2,1H3. The van der Waals surface area contributed by atoms with E-state index in [1.54, 1.807) is 18.5 Å². The van der Waals surface area contributed by atoms with Crippen LogP contribution in [-0.4, -0.2) is 49.6 Å². The summed E-state index contributed by atoms with van der Waals surface area (Å²) >= 11 is 0. The minimum atomic E-state index is -0.316. The van der Waals surface area contributed by atoms with E-state index in [0.29, 0.717) is 24.2 Å². The van der Waals surface area contributed by atoms with Crippen molar-refractivity contribution < 1.29 is 9.90 Å². The third-order valence-corrected chi connectivity index (χ3v) is 4.18. The van der Waals surface area contributed by atoms with Gasteiger partial charge in [0.15, 0.2) is 0 Å². The van der Waals surface area contributed by atoms with Gasteiger partial charge in [0.25, 0.3) is 5.91 Å². The summed E-state index contributed by atoms with van der Waals surface area (Å²) in [6.45, 7) is 2.60. The highest BCUT2D eigenvalue weighted by atomic mass is 16.3. The van der Waals surface area contributed by atoms with Crippen LogP contribution in [0.15, 0.2) is 36.7 Å². The van der Waals surface area contributed by atoms with Gasteiger partial charge in [0.2, 0.25) is 0 Å². The van der Waals surface area contributed by atoms with Gasteiger partial charge in [-0.3, -0.25) is 4.79 Å². The van der Waals surface area contributed by atoms with Gasteiger partial charge in [-0.2, -0.15) is 15.0 Å². The number of aromatic nitrogens is 3. The number of carbonyl (C=O) groups is 1. The number of aliphatic hydroxyl groups is 1. The zero-order chi connectivity index (χ0) is 15.5. The van der Waals surface area contributed by atoms with E-state index in [9.17, 15) is 9.90 Å². The molecular formula is C16H20N4O2. The van der Waals surface area contributed by atoms with Crippen LogP contribution in [0.5, 0.6) is 0 Å². The van der Waals surface area contributed by atoms with Crippen LogP contribution in [0.25, 0.3) is 5.69 Å². The second-order valence-electron chi connectivity index (χ2n) is 5.70. The number of rotatable bonds is 2. The number of carbonyl (C=O) groups excluding carboxylic acids is 1. The number of hydrogen-bond acceptors (Lipinski definition) is 4. The summed E-state index contributed by atoms with van der Waals surface area (Å²) in [6.07, 6.45) is 5.04. The molecule has 0 aliphatic carbocycles. The predicted octanol–water partition coefficient (Wildman–Crippen LogP) is 1.64. The number of hydrogen-bond donors (Lipinski definition) is 1. The molecule has 1 amide bonds. The molecule has 0 saturated carbocycles. The van der Waals surface area contributed by atoms with Crippen LogP contribution in [0.2, 0.25) is 0 Å². The smallest absolute Gasteiger partial charge is 0.256 e. The van der Waals surface area contributed by atoms with Crippen LogP contribution >= 0.6 is 0 Å². The first-order chi connectivity index (χ1) is 10.7. The lowest BCUT2D eigenvalue weighted by Crippen LogP contribution is -2.38. The van der Waals surface area contributed by atoms with Crippen molar-refractivity contribution in [3.63, 3.8) is 0 Å². The summed E-state index contributed by atoms with van der Waals surface area (Å²) in [6, 6.07) is 7.46. The number of para-hydroxylation sites is 1. The first-order valence-electron chi connectivity index (χ1n) is 7.61. The van der Waals surface area contributed by atoms with Gasteiger partial charge in [-0.15, -0.1) is 0 Å². The maximum atomic E-state index is 13.0. The van der Waals surface area contributed by atoms with E-state index >= 15 is 0 Å². The molecule has 3 rings (SSSR count). The molecule has 0 spiro atoms. The first-order valence-corrected chi connectivity index (χ1v) is 7.61. The minimum Gasteiger partial charge on any atom is -0.393 e. The molecule has 0 radical (unpaired) electrons. The zero-order valence-electron chi connectivity index (χ0n) is 12.6. The van der Waals surface area contributed by atoms with Crippen molar-refractivity contribution in [3.05, 3.63) is 42.2 Å². The van der Waals surface area contributed by atoms with Gasteiger partial charge >= 0.3 is 0 Å². The van der Waals surface area contributed by atoms with E-state index in [1.165, 1.54) is 4.80 Å². The molecule has 1 fully saturated rings. The Kier molecular flexibility index (Phi) is 4.20. The zero-order valence-corrected chi connectivity index (χ0v) is 12.6. The molecule has 22 heavy (non-hydrogen) atoms. The quantitative estimate of drug-likeness (QED) is 0.915. The molecule has 1 aromatic heterocycles. The van der Waals surface area contributed by atoms with Gasteiger partial charge in [-0.05, 0) is 38.3 Å². The van der Waals surface area contributed by atoms with Crippen molar-refractivity contribution in [2.24, 2.45) is 0 Å². The van der Waals surface area contributed by atoms with Crippen LogP contribution in [0.1, 0.15) is 36.5 Å². The topological polar surface area (TPSA) is 71.2 Å². The number of aliphatic hydroxyl groups excluding tert-OH is 1. The molecule has 0 bridgehead atoms. The maximum absolute atomic E-state index is 13.0. The normalized spacial score (nSPS) is 22.4. The van der Waals surface area contributed by atoms with Crippen molar-refractivity contribution in [2.45, 2.75) is 38.3 Å². The molecular weight excluding hydrogens is 280 g/mol. The summed E-state index contributed by atoms with van der Waals surface area (Å²) in [7, 11) is 0. The van der Waals surface area contributed by atoms with Crippen LogP contribution < -0.4 is 0 Å². The van der Waals surface area contributed by atoms with Crippen molar-refractivity contribution >= 4 is 5.91 Å².